The van der Waals surface area contributed by atoms with Crippen LogP contribution in [0.2, 0.25) is 5.15 Å². The Bertz CT molecular complexity index is 372. The molecule has 1 aromatic heterocycles. The fourth-order valence-electron chi connectivity index (χ4n) is 2.56. The summed E-state index contributed by atoms with van der Waals surface area (Å²) in [5.74, 6) is 0. The van der Waals surface area contributed by atoms with Crippen LogP contribution < -0.4 is 0 Å². The van der Waals surface area contributed by atoms with Gasteiger partial charge in [-0.15, -0.1) is 0 Å². The lowest BCUT2D eigenvalue weighted by molar-refractivity contribution is 0.0451. The standard InChI is InChI=1S/C13H19ClN2O/c1-10-4-2-6-12(9-17)16(10)8-11-5-3-7-15-13(11)14/h3,5,7,10,12,17H,2,4,6,8-9H2,1H3. The van der Waals surface area contributed by atoms with Crippen LogP contribution in [-0.2, 0) is 6.54 Å². The van der Waals surface area contributed by atoms with Gasteiger partial charge in [-0.05, 0) is 25.8 Å². The molecule has 2 atom stereocenters. The van der Waals surface area contributed by atoms with Crippen molar-refractivity contribution in [2.75, 3.05) is 6.61 Å². The average molecular weight is 255 g/mol. The molecule has 0 aliphatic carbocycles. The molecular formula is C13H19ClN2O. The number of aliphatic hydroxyl groups is 1. The van der Waals surface area contributed by atoms with Crippen LogP contribution in [0.4, 0.5) is 0 Å². The average Bonchev–Trinajstić information content (AvgIpc) is 2.34. The highest BCUT2D eigenvalue weighted by molar-refractivity contribution is 6.30. The van der Waals surface area contributed by atoms with Gasteiger partial charge < -0.3 is 5.11 Å². The quantitative estimate of drug-likeness (QED) is 0.842. The molecule has 0 radical (unpaired) electrons. The maximum absolute atomic E-state index is 9.44. The van der Waals surface area contributed by atoms with Gasteiger partial charge in [-0.2, -0.15) is 0 Å². The molecule has 1 aliphatic heterocycles. The summed E-state index contributed by atoms with van der Waals surface area (Å²) < 4.78 is 0. The second-order valence-electron chi connectivity index (χ2n) is 4.74. The summed E-state index contributed by atoms with van der Waals surface area (Å²) in [6.07, 6.45) is 5.16. The lowest BCUT2D eigenvalue weighted by atomic mass is 9.96. The SMILES string of the molecule is CC1CCCC(CO)N1Cc1cccnc1Cl. The maximum atomic E-state index is 9.44. The van der Waals surface area contributed by atoms with Gasteiger partial charge in [0, 0.05) is 30.4 Å². The molecule has 1 fully saturated rings. The second-order valence-corrected chi connectivity index (χ2v) is 5.10. The molecule has 0 amide bonds. The molecule has 0 saturated carbocycles. The van der Waals surface area contributed by atoms with Crippen molar-refractivity contribution in [1.82, 2.24) is 9.88 Å². The van der Waals surface area contributed by atoms with Crippen molar-refractivity contribution in [3.8, 4) is 0 Å². The second kappa shape index (κ2) is 5.80. The van der Waals surface area contributed by atoms with Crippen molar-refractivity contribution in [1.29, 1.82) is 0 Å². The van der Waals surface area contributed by atoms with Gasteiger partial charge in [-0.1, -0.05) is 24.1 Å². The molecule has 1 N–H and O–H groups in total. The molecule has 1 aliphatic rings. The number of nitrogens with zero attached hydrogens (tertiary/aromatic N) is 2. The number of pyridine rings is 1. The van der Waals surface area contributed by atoms with E-state index < -0.39 is 0 Å². The lowest BCUT2D eigenvalue weighted by Crippen LogP contribution is -2.46. The summed E-state index contributed by atoms with van der Waals surface area (Å²) in [4.78, 5) is 6.44. The Morgan fingerprint density at radius 2 is 2.35 bits per heavy atom. The molecule has 17 heavy (non-hydrogen) atoms. The van der Waals surface area contributed by atoms with Crippen LogP contribution in [0, 0.1) is 0 Å². The molecule has 0 spiro atoms. The zero-order chi connectivity index (χ0) is 12.3. The topological polar surface area (TPSA) is 36.4 Å². The Morgan fingerprint density at radius 3 is 3.06 bits per heavy atom. The van der Waals surface area contributed by atoms with Crippen molar-refractivity contribution < 1.29 is 5.11 Å². The largest absolute Gasteiger partial charge is 0.395 e. The summed E-state index contributed by atoms with van der Waals surface area (Å²) in [7, 11) is 0. The number of hydrogen-bond donors (Lipinski definition) is 1. The van der Waals surface area contributed by atoms with Gasteiger partial charge in [0.05, 0.1) is 6.61 Å². The van der Waals surface area contributed by atoms with E-state index >= 15 is 0 Å². The van der Waals surface area contributed by atoms with Crippen LogP contribution >= 0.6 is 11.6 Å². The molecule has 2 unspecified atom stereocenters. The number of aliphatic hydroxyl groups excluding tert-OH is 1. The minimum Gasteiger partial charge on any atom is -0.395 e. The Labute approximate surface area is 107 Å². The molecule has 2 rings (SSSR count). The van der Waals surface area contributed by atoms with E-state index in [0.717, 1.165) is 18.5 Å². The predicted octanol–water partition coefficient (Wildman–Crippen LogP) is 2.47. The first-order valence-corrected chi connectivity index (χ1v) is 6.56. The fourth-order valence-corrected chi connectivity index (χ4v) is 2.73. The molecular weight excluding hydrogens is 236 g/mol. The summed E-state index contributed by atoms with van der Waals surface area (Å²) in [6, 6.07) is 4.67. The molecule has 94 valence electrons. The van der Waals surface area contributed by atoms with Crippen LogP contribution in [0.3, 0.4) is 0 Å². The van der Waals surface area contributed by atoms with Gasteiger partial charge in [0.2, 0.25) is 0 Å². The van der Waals surface area contributed by atoms with Gasteiger partial charge >= 0.3 is 0 Å². The molecule has 4 heteroatoms. The molecule has 2 heterocycles. The van der Waals surface area contributed by atoms with Gasteiger partial charge in [0.25, 0.3) is 0 Å². The number of rotatable bonds is 3. The third-order valence-corrected chi connectivity index (χ3v) is 3.93. The van der Waals surface area contributed by atoms with Crippen molar-refractivity contribution in [3.05, 3.63) is 29.0 Å². The predicted molar refractivity (Wildman–Crippen MR) is 69.0 cm³/mol. The molecule has 0 bridgehead atoms. The zero-order valence-electron chi connectivity index (χ0n) is 10.1. The van der Waals surface area contributed by atoms with Crippen molar-refractivity contribution in [2.45, 2.75) is 44.8 Å². The minimum atomic E-state index is 0.224. The van der Waals surface area contributed by atoms with Crippen molar-refractivity contribution in [2.24, 2.45) is 0 Å². The van der Waals surface area contributed by atoms with Gasteiger partial charge in [-0.3, -0.25) is 4.90 Å². The van der Waals surface area contributed by atoms with E-state index in [1.54, 1.807) is 6.20 Å². The fraction of sp³-hybridized carbons (Fsp3) is 0.615. The molecule has 3 nitrogen and oxygen atoms in total. The van der Waals surface area contributed by atoms with Crippen LogP contribution in [0.15, 0.2) is 18.3 Å². The van der Waals surface area contributed by atoms with E-state index in [1.165, 1.54) is 12.8 Å². The zero-order valence-corrected chi connectivity index (χ0v) is 10.9. The Morgan fingerprint density at radius 1 is 1.53 bits per heavy atom. The first-order chi connectivity index (χ1) is 8.22. The summed E-state index contributed by atoms with van der Waals surface area (Å²) in [6.45, 7) is 3.22. The Kier molecular flexibility index (Phi) is 4.37. The van der Waals surface area contributed by atoms with Crippen LogP contribution in [-0.4, -0.2) is 33.7 Å². The third-order valence-electron chi connectivity index (χ3n) is 3.59. The normalized spacial score (nSPS) is 26.1. The molecule has 1 aromatic rings. The van der Waals surface area contributed by atoms with Crippen LogP contribution in [0.25, 0.3) is 0 Å². The Balaban J connectivity index is 2.12. The van der Waals surface area contributed by atoms with Crippen LogP contribution in [0.1, 0.15) is 31.7 Å². The number of likely N-dealkylation sites (tertiary alicyclic amines) is 1. The van der Waals surface area contributed by atoms with E-state index in [9.17, 15) is 5.11 Å². The number of piperidine rings is 1. The summed E-state index contributed by atoms with van der Waals surface area (Å²) >= 11 is 6.08. The highest BCUT2D eigenvalue weighted by atomic mass is 35.5. The minimum absolute atomic E-state index is 0.224. The van der Waals surface area contributed by atoms with Gasteiger partial charge in [-0.25, -0.2) is 4.98 Å². The Hall–Kier alpha value is -0.640. The smallest absolute Gasteiger partial charge is 0.133 e. The number of halogens is 1. The monoisotopic (exact) mass is 254 g/mol. The highest BCUT2D eigenvalue weighted by Gasteiger charge is 2.27. The third kappa shape index (κ3) is 2.97. The number of aromatic nitrogens is 1. The molecule has 1 saturated heterocycles. The number of hydrogen-bond acceptors (Lipinski definition) is 3. The molecule has 0 aromatic carbocycles. The first kappa shape index (κ1) is 12.8. The maximum Gasteiger partial charge on any atom is 0.133 e. The van der Waals surface area contributed by atoms with E-state index in [2.05, 4.69) is 16.8 Å². The van der Waals surface area contributed by atoms with Crippen LogP contribution in [0.5, 0.6) is 0 Å². The van der Waals surface area contributed by atoms with Gasteiger partial charge in [0.15, 0.2) is 0 Å². The van der Waals surface area contributed by atoms with E-state index in [0.29, 0.717) is 11.2 Å². The lowest BCUT2D eigenvalue weighted by Gasteiger charge is -2.40. The highest BCUT2D eigenvalue weighted by Crippen LogP contribution is 2.26. The van der Waals surface area contributed by atoms with Crippen molar-refractivity contribution in [3.63, 3.8) is 0 Å². The van der Waals surface area contributed by atoms with Gasteiger partial charge in [0.1, 0.15) is 5.15 Å². The summed E-state index contributed by atoms with van der Waals surface area (Å²) in [5.41, 5.74) is 1.04. The van der Waals surface area contributed by atoms with Crippen molar-refractivity contribution >= 4 is 11.6 Å². The van der Waals surface area contributed by atoms with E-state index in [-0.39, 0.29) is 12.6 Å². The van der Waals surface area contributed by atoms with E-state index in [4.69, 9.17) is 11.6 Å². The van der Waals surface area contributed by atoms with E-state index in [1.807, 2.05) is 12.1 Å². The first-order valence-electron chi connectivity index (χ1n) is 6.18. The summed E-state index contributed by atoms with van der Waals surface area (Å²) in [5, 5.41) is 10.0.